The van der Waals surface area contributed by atoms with Gasteiger partial charge in [0.1, 0.15) is 12.4 Å². The number of carbonyl (C=O) groups is 1. The van der Waals surface area contributed by atoms with Crippen molar-refractivity contribution in [3.63, 3.8) is 0 Å². The van der Waals surface area contributed by atoms with Gasteiger partial charge in [-0.2, -0.15) is 0 Å². The van der Waals surface area contributed by atoms with Gasteiger partial charge in [-0.15, -0.1) is 0 Å². The van der Waals surface area contributed by atoms with Crippen LogP contribution in [0.3, 0.4) is 0 Å². The molecule has 0 aliphatic carbocycles. The molecule has 5 heteroatoms. The number of ether oxygens (including phenoxy) is 3. The molecule has 0 unspecified atom stereocenters. The van der Waals surface area contributed by atoms with Crippen LogP contribution in [0.5, 0.6) is 17.2 Å². The van der Waals surface area contributed by atoms with E-state index in [2.05, 4.69) is 15.9 Å². The predicted molar refractivity (Wildman–Crippen MR) is 76.1 cm³/mol. The topological polar surface area (TPSA) is 44.8 Å². The summed E-state index contributed by atoms with van der Waals surface area (Å²) in [4.78, 5) is 12.0. The predicted octanol–water partition coefficient (Wildman–Crippen LogP) is 3.19. The molecular formula is C15H11BrO4. The van der Waals surface area contributed by atoms with Crippen LogP contribution >= 0.6 is 15.9 Å². The van der Waals surface area contributed by atoms with Crippen LogP contribution < -0.4 is 14.2 Å². The number of carbonyl (C=O) groups excluding carboxylic acids is 1. The molecule has 0 N–H and O–H groups in total. The highest BCUT2D eigenvalue weighted by molar-refractivity contribution is 9.10. The number of esters is 1. The van der Waals surface area contributed by atoms with Crippen LogP contribution in [0, 0.1) is 0 Å². The van der Waals surface area contributed by atoms with Crippen LogP contribution in [0.1, 0.15) is 0 Å². The molecule has 0 spiro atoms. The van der Waals surface area contributed by atoms with Gasteiger partial charge in [0, 0.05) is 4.47 Å². The van der Waals surface area contributed by atoms with Gasteiger partial charge < -0.3 is 14.2 Å². The van der Waals surface area contributed by atoms with Crippen LogP contribution in [-0.4, -0.2) is 18.7 Å². The van der Waals surface area contributed by atoms with Crippen molar-refractivity contribution in [1.29, 1.82) is 0 Å². The van der Waals surface area contributed by atoms with Gasteiger partial charge >= 0.3 is 5.97 Å². The molecule has 0 amide bonds. The Bertz CT molecular complexity index is 624. The first-order valence-corrected chi connectivity index (χ1v) is 6.87. The zero-order valence-electron chi connectivity index (χ0n) is 10.4. The molecule has 1 atom stereocenters. The van der Waals surface area contributed by atoms with Crippen LogP contribution in [0.4, 0.5) is 0 Å². The van der Waals surface area contributed by atoms with Crippen LogP contribution in [0.15, 0.2) is 53.0 Å². The van der Waals surface area contributed by atoms with Crippen molar-refractivity contribution in [3.8, 4) is 17.2 Å². The van der Waals surface area contributed by atoms with Gasteiger partial charge in [0.05, 0.1) is 0 Å². The van der Waals surface area contributed by atoms with Crippen molar-refractivity contribution in [3.05, 3.63) is 53.0 Å². The van der Waals surface area contributed by atoms with Gasteiger partial charge in [0.25, 0.3) is 0 Å². The average Bonchev–Trinajstić information content (AvgIpc) is 2.49. The molecule has 2 aromatic carbocycles. The highest BCUT2D eigenvalue weighted by Gasteiger charge is 2.29. The van der Waals surface area contributed by atoms with Crippen molar-refractivity contribution in [2.45, 2.75) is 6.10 Å². The normalized spacial score (nSPS) is 16.6. The van der Waals surface area contributed by atoms with E-state index in [0.29, 0.717) is 17.2 Å². The summed E-state index contributed by atoms with van der Waals surface area (Å²) in [6.45, 7) is 0.145. The first kappa shape index (κ1) is 13.0. The van der Waals surface area contributed by atoms with Crippen molar-refractivity contribution in [1.82, 2.24) is 0 Å². The highest BCUT2D eigenvalue weighted by atomic mass is 79.9. The van der Waals surface area contributed by atoms with Crippen molar-refractivity contribution >= 4 is 21.9 Å². The lowest BCUT2D eigenvalue weighted by molar-refractivity contribution is -0.144. The van der Waals surface area contributed by atoms with Crippen molar-refractivity contribution in [2.75, 3.05) is 6.61 Å². The molecule has 0 saturated heterocycles. The van der Waals surface area contributed by atoms with Crippen LogP contribution in [0.25, 0.3) is 0 Å². The van der Waals surface area contributed by atoms with Gasteiger partial charge in [-0.25, -0.2) is 4.79 Å². The molecular weight excluding hydrogens is 324 g/mol. The fraction of sp³-hybridized carbons (Fsp3) is 0.133. The largest absolute Gasteiger partial charge is 0.485 e. The first-order valence-electron chi connectivity index (χ1n) is 6.08. The smallest absolute Gasteiger partial charge is 0.356 e. The summed E-state index contributed by atoms with van der Waals surface area (Å²) in [5.41, 5.74) is 0. The highest BCUT2D eigenvalue weighted by Crippen LogP contribution is 2.31. The van der Waals surface area contributed by atoms with Crippen LogP contribution in [0.2, 0.25) is 0 Å². The maximum Gasteiger partial charge on any atom is 0.356 e. The van der Waals surface area contributed by atoms with Gasteiger partial charge in [-0.1, -0.05) is 28.1 Å². The SMILES string of the molecule is O=C(Oc1ccc(Br)cc1)[C@@H]1COc2ccccc2O1. The van der Waals surface area contributed by atoms with Crippen molar-refractivity contribution in [2.24, 2.45) is 0 Å². The average molecular weight is 335 g/mol. The summed E-state index contributed by atoms with van der Waals surface area (Å²) in [6, 6.07) is 14.2. The second kappa shape index (κ2) is 5.54. The molecule has 1 aliphatic heterocycles. The molecule has 4 nitrogen and oxygen atoms in total. The number of hydrogen-bond acceptors (Lipinski definition) is 4. The second-order valence-corrected chi connectivity index (χ2v) is 5.15. The van der Waals surface area contributed by atoms with Crippen molar-refractivity contribution < 1.29 is 19.0 Å². The summed E-state index contributed by atoms with van der Waals surface area (Å²) in [5, 5.41) is 0. The molecule has 1 heterocycles. The number of benzene rings is 2. The molecule has 0 saturated carbocycles. The minimum atomic E-state index is -0.756. The summed E-state index contributed by atoms with van der Waals surface area (Å²) in [7, 11) is 0. The standard InChI is InChI=1S/C15H11BrO4/c16-10-5-7-11(8-6-10)19-15(17)14-9-18-12-3-1-2-4-13(12)20-14/h1-8,14H,9H2/t14-/m0/s1. The van der Waals surface area contributed by atoms with E-state index >= 15 is 0 Å². The fourth-order valence-electron chi connectivity index (χ4n) is 1.82. The molecule has 0 fully saturated rings. The van der Waals surface area contributed by atoms with E-state index in [9.17, 15) is 4.79 Å². The first-order chi connectivity index (χ1) is 9.72. The van der Waals surface area contributed by atoms with E-state index < -0.39 is 12.1 Å². The van der Waals surface area contributed by atoms with Gasteiger partial charge in [0.15, 0.2) is 11.5 Å². The molecule has 20 heavy (non-hydrogen) atoms. The Labute approximate surface area is 124 Å². The number of rotatable bonds is 2. The number of para-hydroxylation sites is 2. The Balaban J connectivity index is 1.68. The molecule has 0 bridgehead atoms. The monoisotopic (exact) mass is 334 g/mol. The number of hydrogen-bond donors (Lipinski definition) is 0. The fourth-order valence-corrected chi connectivity index (χ4v) is 2.08. The minimum absolute atomic E-state index is 0.145. The Morgan fingerprint density at radius 2 is 1.80 bits per heavy atom. The van der Waals surface area contributed by atoms with E-state index in [1.54, 1.807) is 36.4 Å². The molecule has 102 valence electrons. The second-order valence-electron chi connectivity index (χ2n) is 4.24. The Morgan fingerprint density at radius 1 is 1.10 bits per heavy atom. The third-order valence-corrected chi connectivity index (χ3v) is 3.33. The maximum atomic E-state index is 12.0. The summed E-state index contributed by atoms with van der Waals surface area (Å²) in [5.74, 6) is 1.19. The van der Waals surface area contributed by atoms with Gasteiger partial charge in [0.2, 0.25) is 6.10 Å². The lowest BCUT2D eigenvalue weighted by Gasteiger charge is -2.24. The number of fused-ring (bicyclic) bond motifs is 1. The number of halogens is 1. The maximum absolute atomic E-state index is 12.0. The third kappa shape index (κ3) is 2.77. The van der Waals surface area contributed by atoms with Crippen LogP contribution in [-0.2, 0) is 4.79 Å². The zero-order chi connectivity index (χ0) is 13.9. The lowest BCUT2D eigenvalue weighted by Crippen LogP contribution is -2.39. The van der Waals surface area contributed by atoms with E-state index in [4.69, 9.17) is 14.2 Å². The zero-order valence-corrected chi connectivity index (χ0v) is 12.0. The van der Waals surface area contributed by atoms with E-state index in [1.807, 2.05) is 12.1 Å². The van der Waals surface area contributed by atoms with E-state index in [0.717, 1.165) is 4.47 Å². The molecule has 1 aliphatic rings. The Morgan fingerprint density at radius 3 is 2.55 bits per heavy atom. The van der Waals surface area contributed by atoms with E-state index in [1.165, 1.54) is 0 Å². The Kier molecular flexibility index (Phi) is 3.60. The summed E-state index contributed by atoms with van der Waals surface area (Å²) >= 11 is 3.32. The van der Waals surface area contributed by atoms with E-state index in [-0.39, 0.29) is 6.61 Å². The third-order valence-electron chi connectivity index (χ3n) is 2.80. The molecule has 0 aromatic heterocycles. The summed E-state index contributed by atoms with van der Waals surface area (Å²) in [6.07, 6.45) is -0.756. The lowest BCUT2D eigenvalue weighted by atomic mass is 10.2. The summed E-state index contributed by atoms with van der Waals surface area (Å²) < 4.78 is 17.2. The molecule has 3 rings (SSSR count). The van der Waals surface area contributed by atoms with Gasteiger partial charge in [-0.3, -0.25) is 0 Å². The quantitative estimate of drug-likeness (QED) is 0.625. The molecule has 0 radical (unpaired) electrons. The molecule has 2 aromatic rings. The Hall–Kier alpha value is -2.01. The minimum Gasteiger partial charge on any atom is -0.485 e. The van der Waals surface area contributed by atoms with Gasteiger partial charge in [-0.05, 0) is 36.4 Å².